The molecule has 0 N–H and O–H groups in total. The van der Waals surface area contributed by atoms with Crippen LogP contribution in [0.2, 0.25) is 0 Å². The third-order valence-electron chi connectivity index (χ3n) is 5.97. The lowest BCUT2D eigenvalue weighted by Gasteiger charge is -2.25. The van der Waals surface area contributed by atoms with Gasteiger partial charge in [0.1, 0.15) is 0 Å². The van der Waals surface area contributed by atoms with Crippen LogP contribution in [0.5, 0.6) is 0 Å². The second-order valence-electron chi connectivity index (χ2n) is 8.26. The largest absolute Gasteiger partial charge is 0.310 e. The van der Waals surface area contributed by atoms with Crippen molar-refractivity contribution in [2.45, 2.75) is 37.6 Å². The summed E-state index contributed by atoms with van der Waals surface area (Å²) in [5.74, 6) is -0.147. The highest BCUT2D eigenvalue weighted by Crippen LogP contribution is 2.29. The molecule has 0 aliphatic rings. The lowest BCUT2D eigenvalue weighted by molar-refractivity contribution is -0.117. The number of carbonyl (C=O) groups is 1. The van der Waals surface area contributed by atoms with Crippen molar-refractivity contribution >= 4 is 34.3 Å². The molecule has 1 atom stereocenters. The number of hydrogen-bond acceptors (Lipinski definition) is 5. The van der Waals surface area contributed by atoms with E-state index in [0.29, 0.717) is 22.6 Å². The Balaban J connectivity index is 1.79. The fraction of sp³-hybridized carbons (Fsp3) is 0.214. The fourth-order valence-corrected chi connectivity index (χ4v) is 4.93. The average molecular weight is 483 g/mol. The summed E-state index contributed by atoms with van der Waals surface area (Å²) < 4.78 is 1.61. The van der Waals surface area contributed by atoms with Crippen molar-refractivity contribution < 1.29 is 4.79 Å². The Hall–Kier alpha value is -3.89. The van der Waals surface area contributed by atoms with Crippen LogP contribution in [-0.4, -0.2) is 27.3 Å². The maximum atomic E-state index is 13.6. The van der Waals surface area contributed by atoms with Gasteiger partial charge in [0.05, 0.1) is 34.3 Å². The smallest absolute Gasteiger partial charge is 0.266 e. The molecule has 35 heavy (non-hydrogen) atoms. The van der Waals surface area contributed by atoms with Crippen LogP contribution < -0.4 is 10.5 Å². The zero-order valence-corrected chi connectivity index (χ0v) is 20.7. The zero-order valence-electron chi connectivity index (χ0n) is 19.9. The first-order chi connectivity index (χ1) is 16.9. The highest BCUT2D eigenvalue weighted by Gasteiger charge is 2.26. The summed E-state index contributed by atoms with van der Waals surface area (Å²) in [6.07, 6.45) is 0.222. The maximum absolute atomic E-state index is 13.6. The molecule has 1 amide bonds. The van der Waals surface area contributed by atoms with Gasteiger partial charge < -0.3 is 4.90 Å². The van der Waals surface area contributed by atoms with Crippen LogP contribution in [0.3, 0.4) is 0 Å². The molecular formula is C28H26N4O2S. The Bertz CT molecular complexity index is 1470. The third-order valence-corrected chi connectivity index (χ3v) is 7.01. The Morgan fingerprint density at radius 2 is 1.77 bits per heavy atom. The first-order valence-corrected chi connectivity index (χ1v) is 12.3. The van der Waals surface area contributed by atoms with E-state index in [9.17, 15) is 9.59 Å². The molecule has 0 saturated carbocycles. The summed E-state index contributed by atoms with van der Waals surface area (Å²) in [5.41, 5.74) is 3.95. The number of aromatic nitrogens is 2. The number of thioether (sulfide) groups is 1. The molecule has 176 valence electrons. The average Bonchev–Trinajstić information content (AvgIpc) is 2.87. The van der Waals surface area contributed by atoms with E-state index in [2.05, 4.69) is 6.07 Å². The lowest BCUT2D eigenvalue weighted by Crippen LogP contribution is -2.37. The molecule has 4 aromatic rings. The minimum atomic E-state index is -0.543. The summed E-state index contributed by atoms with van der Waals surface area (Å²) in [5, 5.41) is 9.55. The van der Waals surface area contributed by atoms with Crippen LogP contribution in [-0.2, 0) is 4.79 Å². The highest BCUT2D eigenvalue weighted by molar-refractivity contribution is 8.00. The van der Waals surface area contributed by atoms with Crippen molar-refractivity contribution in [1.29, 1.82) is 5.26 Å². The number of aryl methyl sites for hydroxylation is 1. The van der Waals surface area contributed by atoms with E-state index < -0.39 is 5.25 Å². The third kappa shape index (κ3) is 4.98. The molecule has 0 bridgehead atoms. The highest BCUT2D eigenvalue weighted by atomic mass is 32.2. The SMILES string of the molecule is Cc1cccc(-n2c(SC(C)C(=O)N(CCC#N)c3ccccc3)nc3ccccc3c2=O)c1C. The second-order valence-corrected chi connectivity index (χ2v) is 9.57. The number of para-hydroxylation sites is 2. The number of hydrogen-bond donors (Lipinski definition) is 0. The summed E-state index contributed by atoms with van der Waals surface area (Å²) in [7, 11) is 0. The molecule has 0 radical (unpaired) electrons. The van der Waals surface area contributed by atoms with E-state index in [4.69, 9.17) is 10.2 Å². The number of fused-ring (bicyclic) bond motifs is 1. The number of nitrogens with zero attached hydrogens (tertiary/aromatic N) is 4. The minimum absolute atomic E-state index is 0.147. The van der Waals surface area contributed by atoms with Crippen LogP contribution >= 0.6 is 11.8 Å². The van der Waals surface area contributed by atoms with Gasteiger partial charge in [0.2, 0.25) is 5.91 Å². The predicted octanol–water partition coefficient (Wildman–Crippen LogP) is 5.43. The molecule has 0 fully saturated rings. The molecule has 6 nitrogen and oxygen atoms in total. The summed E-state index contributed by atoms with van der Waals surface area (Å²) in [4.78, 5) is 33.6. The summed E-state index contributed by atoms with van der Waals surface area (Å²) in [6, 6.07) is 24.5. The number of anilines is 1. The Labute approximate surface area is 208 Å². The summed E-state index contributed by atoms with van der Waals surface area (Å²) in [6.45, 7) is 6.09. The van der Waals surface area contributed by atoms with Gasteiger partial charge in [-0.05, 0) is 62.2 Å². The number of benzene rings is 3. The van der Waals surface area contributed by atoms with Gasteiger partial charge in [-0.2, -0.15) is 5.26 Å². The number of amides is 1. The molecule has 1 heterocycles. The van der Waals surface area contributed by atoms with Gasteiger partial charge in [0.15, 0.2) is 5.16 Å². The van der Waals surface area contributed by atoms with Gasteiger partial charge in [0.25, 0.3) is 5.56 Å². The van der Waals surface area contributed by atoms with E-state index in [1.165, 1.54) is 11.8 Å². The van der Waals surface area contributed by atoms with Gasteiger partial charge in [-0.3, -0.25) is 14.2 Å². The molecule has 4 rings (SSSR count). The Kier molecular flexibility index (Phi) is 7.33. The van der Waals surface area contributed by atoms with Gasteiger partial charge in [-0.1, -0.05) is 54.2 Å². The van der Waals surface area contributed by atoms with Crippen LogP contribution in [0.1, 0.15) is 24.5 Å². The van der Waals surface area contributed by atoms with Crippen molar-refractivity contribution in [3.63, 3.8) is 0 Å². The van der Waals surface area contributed by atoms with Crippen molar-refractivity contribution in [3.05, 3.63) is 94.3 Å². The first kappa shape index (κ1) is 24.2. The molecule has 0 spiro atoms. The molecule has 0 aliphatic carbocycles. The molecule has 0 aliphatic heterocycles. The van der Waals surface area contributed by atoms with Crippen LogP contribution in [0.25, 0.3) is 16.6 Å². The maximum Gasteiger partial charge on any atom is 0.266 e. The summed E-state index contributed by atoms with van der Waals surface area (Å²) >= 11 is 1.25. The zero-order chi connectivity index (χ0) is 24.9. The van der Waals surface area contributed by atoms with Crippen molar-refractivity contribution in [2.24, 2.45) is 0 Å². The predicted molar refractivity (Wildman–Crippen MR) is 141 cm³/mol. The second kappa shape index (κ2) is 10.6. The van der Waals surface area contributed by atoms with E-state index in [0.717, 1.165) is 22.5 Å². The van der Waals surface area contributed by atoms with Crippen LogP contribution in [0, 0.1) is 25.2 Å². The normalized spacial score (nSPS) is 11.7. The molecule has 0 saturated heterocycles. The van der Waals surface area contributed by atoms with Crippen molar-refractivity contribution in [3.8, 4) is 11.8 Å². The molecule has 3 aromatic carbocycles. The van der Waals surface area contributed by atoms with E-state index in [-0.39, 0.29) is 17.9 Å². The number of carbonyl (C=O) groups excluding carboxylic acids is 1. The number of rotatable bonds is 7. The van der Waals surface area contributed by atoms with Crippen molar-refractivity contribution in [1.82, 2.24) is 9.55 Å². The van der Waals surface area contributed by atoms with Gasteiger partial charge in [0, 0.05) is 12.2 Å². The van der Waals surface area contributed by atoms with E-state index >= 15 is 0 Å². The van der Waals surface area contributed by atoms with Crippen molar-refractivity contribution in [2.75, 3.05) is 11.4 Å². The number of nitriles is 1. The fourth-order valence-electron chi connectivity index (χ4n) is 3.95. The minimum Gasteiger partial charge on any atom is -0.310 e. The Morgan fingerprint density at radius 3 is 2.51 bits per heavy atom. The lowest BCUT2D eigenvalue weighted by atomic mass is 10.1. The van der Waals surface area contributed by atoms with Gasteiger partial charge >= 0.3 is 0 Å². The van der Waals surface area contributed by atoms with E-state index in [1.807, 2.05) is 87.5 Å². The quantitative estimate of drug-likeness (QED) is 0.259. The van der Waals surface area contributed by atoms with Gasteiger partial charge in [-0.25, -0.2) is 4.98 Å². The molecule has 1 unspecified atom stereocenters. The monoisotopic (exact) mass is 482 g/mol. The molecule has 1 aromatic heterocycles. The molecular weight excluding hydrogens is 456 g/mol. The Morgan fingerprint density at radius 1 is 1.06 bits per heavy atom. The van der Waals surface area contributed by atoms with Crippen LogP contribution in [0.4, 0.5) is 5.69 Å². The first-order valence-electron chi connectivity index (χ1n) is 11.4. The van der Waals surface area contributed by atoms with E-state index in [1.54, 1.807) is 15.5 Å². The topological polar surface area (TPSA) is 79.0 Å². The standard InChI is InChI=1S/C28H26N4O2S/c1-19-11-9-16-25(20(19)2)32-27(34)23-14-7-8-15-24(23)30-28(32)35-21(3)26(33)31(18-10-17-29)22-12-5-4-6-13-22/h4-9,11-16,21H,10,18H2,1-3H3. The molecule has 7 heteroatoms. The van der Waals surface area contributed by atoms with Crippen LogP contribution in [0.15, 0.2) is 82.7 Å². The van der Waals surface area contributed by atoms with Gasteiger partial charge in [-0.15, -0.1) is 0 Å².